The summed E-state index contributed by atoms with van der Waals surface area (Å²) in [7, 11) is -4.92. The number of rotatable bonds is 8. The van der Waals surface area contributed by atoms with Crippen molar-refractivity contribution in [2.45, 2.75) is 43.2 Å². The third-order valence-electron chi connectivity index (χ3n) is 2.33. The minimum Gasteiger partial charge on any atom is -0.264 e. The highest BCUT2D eigenvalue weighted by Gasteiger charge is 2.81. The third kappa shape index (κ3) is 4.87. The van der Waals surface area contributed by atoms with E-state index in [1.165, 1.54) is 0 Å². The van der Waals surface area contributed by atoms with Crippen molar-refractivity contribution >= 4 is 10.4 Å². The average Bonchev–Trinajstić information content (AvgIpc) is 2.24. The van der Waals surface area contributed by atoms with E-state index in [0.717, 1.165) is 0 Å². The standard InChI is InChI=1S/C8H9F9O4S/c9-5(10,3-1-2-4-21-22(18,19)20)6(11,12)7(13,14)8(15,16)17/h1-4H2,(H,18,19,20). The van der Waals surface area contributed by atoms with Gasteiger partial charge in [0.1, 0.15) is 0 Å². The van der Waals surface area contributed by atoms with Crippen LogP contribution in [0.25, 0.3) is 0 Å². The summed E-state index contributed by atoms with van der Waals surface area (Å²) in [6.45, 7) is -0.948. The summed E-state index contributed by atoms with van der Waals surface area (Å²) in [5.74, 6) is -19.3. The first-order valence-corrected chi connectivity index (χ1v) is 6.64. The molecule has 0 amide bonds. The van der Waals surface area contributed by atoms with Crippen molar-refractivity contribution in [3.8, 4) is 0 Å². The van der Waals surface area contributed by atoms with Crippen LogP contribution in [0.3, 0.4) is 0 Å². The molecule has 22 heavy (non-hydrogen) atoms. The zero-order valence-electron chi connectivity index (χ0n) is 10.3. The molecule has 0 unspecified atom stereocenters. The number of alkyl halides is 9. The van der Waals surface area contributed by atoms with Crippen LogP contribution in [0.2, 0.25) is 0 Å². The molecule has 0 aliphatic carbocycles. The molecule has 0 aliphatic heterocycles. The Balaban J connectivity index is 4.79. The fourth-order valence-corrected chi connectivity index (χ4v) is 1.51. The molecule has 0 aromatic carbocycles. The Morgan fingerprint density at radius 2 is 1.27 bits per heavy atom. The van der Waals surface area contributed by atoms with E-state index >= 15 is 0 Å². The monoisotopic (exact) mass is 372 g/mol. The van der Waals surface area contributed by atoms with Gasteiger partial charge in [-0.2, -0.15) is 47.9 Å². The van der Waals surface area contributed by atoms with E-state index < -0.39 is 60.2 Å². The maximum absolute atomic E-state index is 13.0. The molecule has 0 fully saturated rings. The number of unbranched alkanes of at least 4 members (excludes halogenated alkanes) is 1. The van der Waals surface area contributed by atoms with Crippen molar-refractivity contribution in [3.63, 3.8) is 0 Å². The van der Waals surface area contributed by atoms with E-state index in [4.69, 9.17) is 4.55 Å². The molecule has 134 valence electrons. The van der Waals surface area contributed by atoms with Crippen LogP contribution < -0.4 is 0 Å². The maximum Gasteiger partial charge on any atom is 0.460 e. The molecule has 0 bridgehead atoms. The Morgan fingerprint density at radius 3 is 1.64 bits per heavy atom. The van der Waals surface area contributed by atoms with E-state index in [2.05, 4.69) is 4.18 Å². The van der Waals surface area contributed by atoms with E-state index in [0.29, 0.717) is 0 Å². The van der Waals surface area contributed by atoms with Crippen LogP contribution in [0.4, 0.5) is 39.5 Å². The van der Waals surface area contributed by atoms with Gasteiger partial charge in [0, 0.05) is 6.42 Å². The van der Waals surface area contributed by atoms with Gasteiger partial charge in [0.2, 0.25) is 0 Å². The SMILES string of the molecule is O=S(=O)(O)OCCCCC(F)(F)C(F)(F)C(F)(F)C(F)(F)F. The first kappa shape index (κ1) is 21.2. The van der Waals surface area contributed by atoms with Gasteiger partial charge >= 0.3 is 34.3 Å². The van der Waals surface area contributed by atoms with Crippen LogP contribution >= 0.6 is 0 Å². The normalized spacial score (nSPS) is 15.2. The molecular weight excluding hydrogens is 363 g/mol. The molecule has 0 rings (SSSR count). The molecule has 0 heterocycles. The number of hydrogen-bond donors (Lipinski definition) is 1. The Kier molecular flexibility index (Phi) is 6.17. The van der Waals surface area contributed by atoms with E-state index in [-0.39, 0.29) is 0 Å². The van der Waals surface area contributed by atoms with Gasteiger partial charge in [-0.15, -0.1) is 0 Å². The van der Waals surface area contributed by atoms with Gasteiger partial charge in [0.15, 0.2) is 0 Å². The quantitative estimate of drug-likeness (QED) is 0.403. The van der Waals surface area contributed by atoms with Gasteiger partial charge in [0.25, 0.3) is 0 Å². The molecule has 0 aliphatic rings. The van der Waals surface area contributed by atoms with Crippen molar-refractivity contribution in [2.24, 2.45) is 0 Å². The first-order valence-electron chi connectivity index (χ1n) is 5.28. The molecule has 4 nitrogen and oxygen atoms in total. The lowest BCUT2D eigenvalue weighted by Gasteiger charge is -2.33. The van der Waals surface area contributed by atoms with Gasteiger partial charge in [-0.25, -0.2) is 4.18 Å². The molecular formula is C8H9F9O4S. The number of halogens is 9. The molecule has 0 atom stereocenters. The summed E-state index contributed by atoms with van der Waals surface area (Å²) >= 11 is 0. The van der Waals surface area contributed by atoms with E-state index in [1.54, 1.807) is 0 Å². The van der Waals surface area contributed by atoms with Gasteiger partial charge in [0.05, 0.1) is 6.61 Å². The second-order valence-electron chi connectivity index (χ2n) is 4.06. The van der Waals surface area contributed by atoms with Crippen molar-refractivity contribution in [2.75, 3.05) is 6.61 Å². The molecule has 1 N–H and O–H groups in total. The molecule has 0 spiro atoms. The zero-order chi connectivity index (χ0) is 18.0. The second-order valence-corrected chi connectivity index (χ2v) is 5.15. The lowest BCUT2D eigenvalue weighted by Crippen LogP contribution is -2.60. The topological polar surface area (TPSA) is 63.6 Å². The summed E-state index contributed by atoms with van der Waals surface area (Å²) in [5.41, 5.74) is 0. The Hall–Kier alpha value is -0.760. The maximum atomic E-state index is 13.0. The van der Waals surface area contributed by atoms with Gasteiger partial charge in [-0.1, -0.05) is 0 Å². The Morgan fingerprint density at radius 1 is 0.818 bits per heavy atom. The minimum atomic E-state index is -6.95. The summed E-state index contributed by atoms with van der Waals surface area (Å²) < 4.78 is 143. The van der Waals surface area contributed by atoms with Crippen molar-refractivity contribution in [3.05, 3.63) is 0 Å². The van der Waals surface area contributed by atoms with Crippen molar-refractivity contribution in [1.29, 1.82) is 0 Å². The summed E-state index contributed by atoms with van der Waals surface area (Å²) in [4.78, 5) is 0. The summed E-state index contributed by atoms with van der Waals surface area (Å²) in [6, 6.07) is 0. The highest BCUT2D eigenvalue weighted by molar-refractivity contribution is 7.80. The smallest absolute Gasteiger partial charge is 0.264 e. The lowest BCUT2D eigenvalue weighted by atomic mass is 9.99. The van der Waals surface area contributed by atoms with Crippen LogP contribution in [0.15, 0.2) is 0 Å². The Bertz CT molecular complexity index is 470. The predicted molar refractivity (Wildman–Crippen MR) is 52.2 cm³/mol. The van der Waals surface area contributed by atoms with E-state index in [1.807, 2.05) is 0 Å². The average molecular weight is 372 g/mol. The fraction of sp³-hybridized carbons (Fsp3) is 1.00. The van der Waals surface area contributed by atoms with E-state index in [9.17, 15) is 47.9 Å². The predicted octanol–water partition coefficient (Wildman–Crippen LogP) is 3.44. The summed E-state index contributed by atoms with van der Waals surface area (Å²) in [6.07, 6.45) is -10.7. The van der Waals surface area contributed by atoms with Crippen LogP contribution in [0, 0.1) is 0 Å². The van der Waals surface area contributed by atoms with Gasteiger partial charge < -0.3 is 0 Å². The largest absolute Gasteiger partial charge is 0.460 e. The molecule has 0 aromatic heterocycles. The molecule has 0 radical (unpaired) electrons. The van der Waals surface area contributed by atoms with Crippen LogP contribution in [0.5, 0.6) is 0 Å². The van der Waals surface area contributed by atoms with Crippen molar-refractivity contribution in [1.82, 2.24) is 0 Å². The first-order chi connectivity index (χ1) is 9.46. The lowest BCUT2D eigenvalue weighted by molar-refractivity contribution is -0.396. The zero-order valence-corrected chi connectivity index (χ0v) is 11.1. The molecule has 0 saturated carbocycles. The summed E-state index contributed by atoms with van der Waals surface area (Å²) in [5, 5.41) is 0. The molecule has 14 heteroatoms. The van der Waals surface area contributed by atoms with Gasteiger partial charge in [-0.05, 0) is 12.8 Å². The number of hydrogen-bond acceptors (Lipinski definition) is 3. The Labute approximate surface area is 118 Å². The van der Waals surface area contributed by atoms with Crippen LogP contribution in [-0.4, -0.2) is 43.5 Å². The second kappa shape index (κ2) is 6.39. The minimum absolute atomic E-state index is 0.719. The highest BCUT2D eigenvalue weighted by Crippen LogP contribution is 2.54. The van der Waals surface area contributed by atoms with Gasteiger partial charge in [-0.3, -0.25) is 4.55 Å². The molecule has 0 saturated heterocycles. The highest BCUT2D eigenvalue weighted by atomic mass is 32.3. The fourth-order valence-electron chi connectivity index (χ4n) is 1.18. The van der Waals surface area contributed by atoms with Crippen LogP contribution in [-0.2, 0) is 14.6 Å². The van der Waals surface area contributed by atoms with Crippen LogP contribution in [0.1, 0.15) is 19.3 Å². The molecule has 0 aromatic rings. The third-order valence-corrected chi connectivity index (χ3v) is 2.79. The van der Waals surface area contributed by atoms with Crippen molar-refractivity contribution < 1.29 is 56.7 Å².